The molecular formula is C14H18N4S. The van der Waals surface area contributed by atoms with Crippen molar-refractivity contribution in [2.45, 2.75) is 25.4 Å². The molecule has 0 aliphatic carbocycles. The molecule has 5 heteroatoms. The maximum Gasteiger partial charge on any atom is 0.151 e. The van der Waals surface area contributed by atoms with Gasteiger partial charge in [-0.25, -0.2) is 0 Å². The lowest BCUT2D eigenvalue weighted by Crippen LogP contribution is -2.45. The molecular weight excluding hydrogens is 256 g/mol. The smallest absolute Gasteiger partial charge is 0.151 e. The fourth-order valence-electron chi connectivity index (χ4n) is 2.47. The minimum Gasteiger partial charge on any atom is -0.354 e. The minimum atomic E-state index is 0.538. The Labute approximate surface area is 117 Å². The monoisotopic (exact) mass is 274 g/mol. The molecule has 0 bridgehead atoms. The third-order valence-electron chi connectivity index (χ3n) is 3.48. The van der Waals surface area contributed by atoms with E-state index < -0.39 is 0 Å². The van der Waals surface area contributed by atoms with Crippen LogP contribution >= 0.6 is 11.3 Å². The van der Waals surface area contributed by atoms with Crippen molar-refractivity contribution < 1.29 is 0 Å². The SMILES string of the molecule is c1cnnc(N2CCCC(NCc3ccsc3)C2)c1. The molecule has 3 rings (SSSR count). The van der Waals surface area contributed by atoms with Crippen LogP contribution in [0.1, 0.15) is 18.4 Å². The molecule has 1 aliphatic heterocycles. The van der Waals surface area contributed by atoms with Gasteiger partial charge in [-0.05, 0) is 47.4 Å². The molecule has 1 atom stereocenters. The van der Waals surface area contributed by atoms with Gasteiger partial charge in [0, 0.05) is 31.9 Å². The van der Waals surface area contributed by atoms with Crippen LogP contribution in [-0.4, -0.2) is 29.3 Å². The molecule has 1 unspecified atom stereocenters. The summed E-state index contributed by atoms with van der Waals surface area (Å²) in [4.78, 5) is 2.32. The fraction of sp³-hybridized carbons (Fsp3) is 0.429. The second kappa shape index (κ2) is 6.12. The van der Waals surface area contributed by atoms with Gasteiger partial charge < -0.3 is 10.2 Å². The van der Waals surface area contributed by atoms with Crippen molar-refractivity contribution in [1.29, 1.82) is 0 Å². The third-order valence-corrected chi connectivity index (χ3v) is 4.21. The molecule has 1 N–H and O–H groups in total. The first-order valence-corrected chi connectivity index (χ1v) is 7.63. The lowest BCUT2D eigenvalue weighted by atomic mass is 10.1. The summed E-state index contributed by atoms with van der Waals surface area (Å²) in [5.41, 5.74) is 1.38. The Bertz CT molecular complexity index is 485. The van der Waals surface area contributed by atoms with E-state index in [1.807, 2.05) is 12.1 Å². The molecule has 19 heavy (non-hydrogen) atoms. The highest BCUT2D eigenvalue weighted by Crippen LogP contribution is 2.17. The summed E-state index contributed by atoms with van der Waals surface area (Å²) in [6.45, 7) is 3.06. The van der Waals surface area contributed by atoms with E-state index in [2.05, 4.69) is 37.2 Å². The number of nitrogens with zero attached hydrogens (tertiary/aromatic N) is 3. The first-order valence-electron chi connectivity index (χ1n) is 6.69. The lowest BCUT2D eigenvalue weighted by molar-refractivity contribution is 0.419. The number of nitrogens with one attached hydrogen (secondary N) is 1. The van der Waals surface area contributed by atoms with Crippen molar-refractivity contribution >= 4 is 17.2 Å². The predicted octanol–water partition coefficient (Wildman–Crippen LogP) is 2.30. The van der Waals surface area contributed by atoms with E-state index in [-0.39, 0.29) is 0 Å². The number of hydrogen-bond donors (Lipinski definition) is 1. The number of rotatable bonds is 4. The molecule has 1 fully saturated rings. The Morgan fingerprint density at radius 1 is 1.42 bits per heavy atom. The van der Waals surface area contributed by atoms with Gasteiger partial charge in [-0.1, -0.05) is 0 Å². The van der Waals surface area contributed by atoms with Crippen molar-refractivity contribution in [3.8, 4) is 0 Å². The number of hydrogen-bond acceptors (Lipinski definition) is 5. The molecule has 2 aromatic heterocycles. The number of aromatic nitrogens is 2. The number of thiophene rings is 1. The van der Waals surface area contributed by atoms with Gasteiger partial charge in [0.05, 0.1) is 0 Å². The van der Waals surface area contributed by atoms with Crippen LogP contribution in [0.4, 0.5) is 5.82 Å². The van der Waals surface area contributed by atoms with Crippen molar-refractivity contribution in [3.05, 3.63) is 40.7 Å². The maximum absolute atomic E-state index is 4.20. The van der Waals surface area contributed by atoms with Gasteiger partial charge in [-0.2, -0.15) is 16.4 Å². The molecule has 1 saturated heterocycles. The topological polar surface area (TPSA) is 41.1 Å². The molecule has 0 amide bonds. The number of piperidine rings is 1. The Morgan fingerprint density at radius 2 is 2.42 bits per heavy atom. The summed E-state index contributed by atoms with van der Waals surface area (Å²) in [7, 11) is 0. The van der Waals surface area contributed by atoms with Gasteiger partial charge in [0.2, 0.25) is 0 Å². The molecule has 0 spiro atoms. The largest absolute Gasteiger partial charge is 0.354 e. The Kier molecular flexibility index (Phi) is 4.05. The van der Waals surface area contributed by atoms with Crippen LogP contribution < -0.4 is 10.2 Å². The van der Waals surface area contributed by atoms with Crippen LogP contribution in [0.25, 0.3) is 0 Å². The third kappa shape index (κ3) is 3.30. The van der Waals surface area contributed by atoms with Gasteiger partial charge >= 0.3 is 0 Å². The fourth-order valence-corrected chi connectivity index (χ4v) is 3.14. The molecule has 1 aliphatic rings. The summed E-state index contributed by atoms with van der Waals surface area (Å²) in [6, 6.07) is 6.70. The Hall–Kier alpha value is -1.46. The average Bonchev–Trinajstić information content (AvgIpc) is 3.00. The van der Waals surface area contributed by atoms with E-state index in [1.165, 1.54) is 18.4 Å². The number of anilines is 1. The highest BCUT2D eigenvalue weighted by atomic mass is 32.1. The lowest BCUT2D eigenvalue weighted by Gasteiger charge is -2.33. The van der Waals surface area contributed by atoms with Crippen molar-refractivity contribution in [2.75, 3.05) is 18.0 Å². The first-order chi connectivity index (χ1) is 9.42. The highest BCUT2D eigenvalue weighted by Gasteiger charge is 2.20. The second-order valence-corrected chi connectivity index (χ2v) is 5.66. The molecule has 4 nitrogen and oxygen atoms in total. The maximum atomic E-state index is 4.20. The predicted molar refractivity (Wildman–Crippen MR) is 78.4 cm³/mol. The molecule has 2 aromatic rings. The van der Waals surface area contributed by atoms with Crippen molar-refractivity contribution in [3.63, 3.8) is 0 Å². The summed E-state index contributed by atoms with van der Waals surface area (Å²) in [6.07, 6.45) is 4.17. The van der Waals surface area contributed by atoms with Gasteiger partial charge in [0.25, 0.3) is 0 Å². The molecule has 3 heterocycles. The van der Waals surface area contributed by atoms with Gasteiger partial charge in [-0.3, -0.25) is 0 Å². The van der Waals surface area contributed by atoms with E-state index in [0.717, 1.165) is 25.5 Å². The zero-order valence-electron chi connectivity index (χ0n) is 10.8. The summed E-state index contributed by atoms with van der Waals surface area (Å²) >= 11 is 1.75. The van der Waals surface area contributed by atoms with E-state index in [0.29, 0.717) is 6.04 Å². The van der Waals surface area contributed by atoms with Crippen molar-refractivity contribution in [2.24, 2.45) is 0 Å². The Morgan fingerprint density at radius 3 is 3.21 bits per heavy atom. The van der Waals surface area contributed by atoms with E-state index in [4.69, 9.17) is 0 Å². The molecule has 0 saturated carbocycles. The van der Waals surface area contributed by atoms with Crippen LogP contribution in [0.2, 0.25) is 0 Å². The van der Waals surface area contributed by atoms with Crippen LogP contribution in [0.3, 0.4) is 0 Å². The Balaban J connectivity index is 1.56. The summed E-state index contributed by atoms with van der Waals surface area (Å²) in [5.74, 6) is 0.990. The average molecular weight is 274 g/mol. The highest BCUT2D eigenvalue weighted by molar-refractivity contribution is 7.07. The van der Waals surface area contributed by atoms with Gasteiger partial charge in [0.1, 0.15) is 0 Å². The summed E-state index contributed by atoms with van der Waals surface area (Å²) in [5, 5.41) is 16.1. The van der Waals surface area contributed by atoms with E-state index >= 15 is 0 Å². The standard InChI is InChI=1S/C14H18N4S/c1-4-14(17-16-6-1)18-7-2-3-13(10-18)15-9-12-5-8-19-11-12/h1,4-6,8,11,13,15H,2-3,7,9-10H2. The van der Waals surface area contributed by atoms with Crippen LogP contribution in [0.5, 0.6) is 0 Å². The van der Waals surface area contributed by atoms with Crippen LogP contribution in [0, 0.1) is 0 Å². The molecule has 0 aromatic carbocycles. The van der Waals surface area contributed by atoms with E-state index in [1.54, 1.807) is 17.5 Å². The van der Waals surface area contributed by atoms with Gasteiger partial charge in [-0.15, -0.1) is 5.10 Å². The second-order valence-electron chi connectivity index (χ2n) is 4.88. The van der Waals surface area contributed by atoms with E-state index in [9.17, 15) is 0 Å². The summed E-state index contributed by atoms with van der Waals surface area (Å²) < 4.78 is 0. The van der Waals surface area contributed by atoms with Crippen LogP contribution in [0.15, 0.2) is 35.2 Å². The molecule has 0 radical (unpaired) electrons. The normalized spacial score (nSPS) is 19.6. The zero-order valence-corrected chi connectivity index (χ0v) is 11.6. The quantitative estimate of drug-likeness (QED) is 0.929. The minimum absolute atomic E-state index is 0.538. The van der Waals surface area contributed by atoms with Crippen molar-refractivity contribution in [1.82, 2.24) is 15.5 Å². The van der Waals surface area contributed by atoms with Gasteiger partial charge in [0.15, 0.2) is 5.82 Å². The van der Waals surface area contributed by atoms with Crippen LogP contribution in [-0.2, 0) is 6.54 Å². The first kappa shape index (κ1) is 12.6. The zero-order chi connectivity index (χ0) is 12.9. The molecule has 100 valence electrons.